The molecule has 0 bridgehead atoms. The lowest BCUT2D eigenvalue weighted by molar-refractivity contribution is -0.122. The Bertz CT molecular complexity index is 430. The zero-order chi connectivity index (χ0) is 14.3. The highest BCUT2D eigenvalue weighted by atomic mass is 16.5. The first-order valence-corrected chi connectivity index (χ1v) is 6.03. The number of amides is 1. The van der Waals surface area contributed by atoms with Gasteiger partial charge in [0.15, 0.2) is 5.69 Å². The van der Waals surface area contributed by atoms with E-state index in [9.17, 15) is 9.59 Å². The van der Waals surface area contributed by atoms with Crippen molar-refractivity contribution in [3.05, 3.63) is 18.2 Å². The monoisotopic (exact) mass is 269 g/mol. The van der Waals surface area contributed by atoms with Gasteiger partial charge in [0.2, 0.25) is 5.91 Å². The van der Waals surface area contributed by atoms with Gasteiger partial charge in [-0.3, -0.25) is 4.79 Å². The van der Waals surface area contributed by atoms with E-state index in [1.807, 2.05) is 6.92 Å². The molecule has 0 aliphatic rings. The standard InChI is InChI=1S/C12H19N3O4/c1-9(7-19-2)5-11(16)13-3-4-15-6-10(12(17)18)14-8-15/h6,8-9H,3-5,7H2,1-2H3,(H,13,16)(H,17,18). The van der Waals surface area contributed by atoms with Gasteiger partial charge >= 0.3 is 5.97 Å². The first kappa shape index (κ1) is 15.2. The summed E-state index contributed by atoms with van der Waals surface area (Å²) in [6.45, 7) is 3.42. The van der Waals surface area contributed by atoms with Crippen molar-refractivity contribution >= 4 is 11.9 Å². The molecule has 0 aliphatic heterocycles. The number of nitrogens with zero attached hydrogens (tertiary/aromatic N) is 2. The van der Waals surface area contributed by atoms with Crippen LogP contribution in [-0.2, 0) is 16.1 Å². The summed E-state index contributed by atoms with van der Waals surface area (Å²) in [7, 11) is 1.60. The molecule has 1 aromatic rings. The van der Waals surface area contributed by atoms with E-state index < -0.39 is 5.97 Å². The number of carbonyl (C=O) groups is 2. The zero-order valence-electron chi connectivity index (χ0n) is 11.1. The van der Waals surface area contributed by atoms with Crippen molar-refractivity contribution in [1.29, 1.82) is 0 Å². The minimum absolute atomic E-state index is 0.0000401. The van der Waals surface area contributed by atoms with Crippen LogP contribution in [0.3, 0.4) is 0 Å². The summed E-state index contributed by atoms with van der Waals surface area (Å²) in [5, 5.41) is 11.5. The second-order valence-electron chi connectivity index (χ2n) is 4.42. The van der Waals surface area contributed by atoms with Gasteiger partial charge in [0, 0.05) is 39.4 Å². The molecule has 0 radical (unpaired) electrons. The van der Waals surface area contributed by atoms with Gasteiger partial charge in [0.25, 0.3) is 0 Å². The van der Waals surface area contributed by atoms with Gasteiger partial charge in [0.1, 0.15) is 0 Å². The number of aromatic carboxylic acids is 1. The maximum atomic E-state index is 11.5. The first-order valence-electron chi connectivity index (χ1n) is 6.03. The molecular weight excluding hydrogens is 250 g/mol. The summed E-state index contributed by atoms with van der Waals surface area (Å²) < 4.78 is 6.58. The molecule has 0 spiro atoms. The number of carboxylic acids is 1. The molecule has 0 saturated heterocycles. The van der Waals surface area contributed by atoms with Crippen LogP contribution < -0.4 is 5.32 Å². The highest BCUT2D eigenvalue weighted by Gasteiger charge is 2.09. The molecule has 0 aliphatic carbocycles. The highest BCUT2D eigenvalue weighted by Crippen LogP contribution is 2.01. The van der Waals surface area contributed by atoms with Crippen molar-refractivity contribution in [3.8, 4) is 0 Å². The quantitative estimate of drug-likeness (QED) is 0.711. The van der Waals surface area contributed by atoms with Crippen LogP contribution in [0.25, 0.3) is 0 Å². The number of ether oxygens (including phenoxy) is 1. The number of methoxy groups -OCH3 is 1. The molecule has 7 nitrogen and oxygen atoms in total. The Kier molecular flexibility index (Phi) is 6.01. The molecule has 1 atom stereocenters. The van der Waals surface area contributed by atoms with E-state index in [-0.39, 0.29) is 17.5 Å². The van der Waals surface area contributed by atoms with E-state index in [4.69, 9.17) is 9.84 Å². The SMILES string of the molecule is COCC(C)CC(=O)NCCn1cnc(C(=O)O)c1. The maximum absolute atomic E-state index is 11.5. The molecule has 7 heteroatoms. The third-order valence-corrected chi connectivity index (χ3v) is 2.53. The number of aromatic nitrogens is 2. The topological polar surface area (TPSA) is 93.5 Å². The largest absolute Gasteiger partial charge is 0.476 e. The summed E-state index contributed by atoms with van der Waals surface area (Å²) in [5.41, 5.74) is 0.0000401. The molecule has 0 aromatic carbocycles. The molecule has 0 fully saturated rings. The van der Waals surface area contributed by atoms with E-state index in [2.05, 4.69) is 10.3 Å². The minimum atomic E-state index is -1.06. The number of hydrogen-bond acceptors (Lipinski definition) is 4. The Hall–Kier alpha value is -1.89. The van der Waals surface area contributed by atoms with E-state index >= 15 is 0 Å². The Balaban J connectivity index is 2.25. The maximum Gasteiger partial charge on any atom is 0.356 e. The average molecular weight is 269 g/mol. The lowest BCUT2D eigenvalue weighted by Gasteiger charge is -2.10. The Labute approximate surface area is 111 Å². The molecule has 19 heavy (non-hydrogen) atoms. The summed E-state index contributed by atoms with van der Waals surface area (Å²) in [6.07, 6.45) is 3.28. The van der Waals surface area contributed by atoms with Crippen LogP contribution in [0.15, 0.2) is 12.5 Å². The molecule has 1 unspecified atom stereocenters. The van der Waals surface area contributed by atoms with Crippen molar-refractivity contribution in [3.63, 3.8) is 0 Å². The van der Waals surface area contributed by atoms with Crippen LogP contribution in [0.1, 0.15) is 23.8 Å². The normalized spacial score (nSPS) is 12.1. The van der Waals surface area contributed by atoms with Crippen molar-refractivity contribution in [2.75, 3.05) is 20.3 Å². The van der Waals surface area contributed by atoms with Crippen LogP contribution in [-0.4, -0.2) is 46.8 Å². The van der Waals surface area contributed by atoms with Gasteiger partial charge in [-0.1, -0.05) is 6.92 Å². The fourth-order valence-electron chi connectivity index (χ4n) is 1.65. The van der Waals surface area contributed by atoms with Gasteiger partial charge in [-0.05, 0) is 5.92 Å². The van der Waals surface area contributed by atoms with E-state index in [1.165, 1.54) is 12.5 Å². The second kappa shape index (κ2) is 7.52. The van der Waals surface area contributed by atoms with Crippen LogP contribution in [0, 0.1) is 5.92 Å². The van der Waals surface area contributed by atoms with Gasteiger partial charge in [0.05, 0.1) is 6.33 Å². The van der Waals surface area contributed by atoms with Gasteiger partial charge in [-0.15, -0.1) is 0 Å². The van der Waals surface area contributed by atoms with Crippen LogP contribution in [0.5, 0.6) is 0 Å². The summed E-state index contributed by atoms with van der Waals surface area (Å²) in [5.74, 6) is -0.920. The summed E-state index contributed by atoms with van der Waals surface area (Å²) >= 11 is 0. The molecule has 1 rings (SSSR count). The van der Waals surface area contributed by atoms with Crippen molar-refractivity contribution in [1.82, 2.24) is 14.9 Å². The predicted octanol–water partition coefficient (Wildman–Crippen LogP) is 0.370. The zero-order valence-corrected chi connectivity index (χ0v) is 11.1. The smallest absolute Gasteiger partial charge is 0.356 e. The van der Waals surface area contributed by atoms with E-state index in [0.717, 1.165) is 0 Å². The Morgan fingerprint density at radius 2 is 2.32 bits per heavy atom. The van der Waals surface area contributed by atoms with Crippen LogP contribution in [0.2, 0.25) is 0 Å². The highest BCUT2D eigenvalue weighted by molar-refractivity contribution is 5.84. The summed E-state index contributed by atoms with van der Waals surface area (Å²) in [6, 6.07) is 0. The number of hydrogen-bond donors (Lipinski definition) is 2. The first-order chi connectivity index (χ1) is 9.02. The molecule has 2 N–H and O–H groups in total. The number of carbonyl (C=O) groups excluding carboxylic acids is 1. The van der Waals surface area contributed by atoms with Crippen molar-refractivity contribution in [2.24, 2.45) is 5.92 Å². The van der Waals surface area contributed by atoms with Crippen LogP contribution >= 0.6 is 0 Å². The number of carboxylic acid groups (broad SMARTS) is 1. The predicted molar refractivity (Wildman–Crippen MR) is 67.9 cm³/mol. The second-order valence-corrected chi connectivity index (χ2v) is 4.42. The molecule has 0 saturated carbocycles. The number of imidazole rings is 1. The lowest BCUT2D eigenvalue weighted by atomic mass is 10.1. The fourth-order valence-corrected chi connectivity index (χ4v) is 1.65. The summed E-state index contributed by atoms with van der Waals surface area (Å²) in [4.78, 5) is 25.9. The van der Waals surface area contributed by atoms with E-state index in [0.29, 0.717) is 26.1 Å². The number of rotatable bonds is 8. The van der Waals surface area contributed by atoms with Crippen molar-refractivity contribution < 1.29 is 19.4 Å². The lowest BCUT2D eigenvalue weighted by Crippen LogP contribution is -2.29. The van der Waals surface area contributed by atoms with Gasteiger partial charge in [-0.25, -0.2) is 9.78 Å². The fraction of sp³-hybridized carbons (Fsp3) is 0.583. The van der Waals surface area contributed by atoms with E-state index in [1.54, 1.807) is 11.7 Å². The Morgan fingerprint density at radius 3 is 2.89 bits per heavy atom. The Morgan fingerprint density at radius 1 is 1.58 bits per heavy atom. The van der Waals surface area contributed by atoms with Gasteiger partial charge < -0.3 is 19.7 Å². The van der Waals surface area contributed by atoms with Crippen molar-refractivity contribution in [2.45, 2.75) is 19.9 Å². The molecular formula is C12H19N3O4. The third kappa shape index (κ3) is 5.52. The molecule has 1 amide bonds. The average Bonchev–Trinajstić information content (AvgIpc) is 2.78. The molecule has 1 aromatic heterocycles. The molecule has 1 heterocycles. The number of nitrogens with one attached hydrogen (secondary N) is 1. The third-order valence-electron chi connectivity index (χ3n) is 2.53. The minimum Gasteiger partial charge on any atom is -0.476 e. The van der Waals surface area contributed by atoms with Crippen LogP contribution in [0.4, 0.5) is 0 Å². The molecule has 106 valence electrons. The van der Waals surface area contributed by atoms with Gasteiger partial charge in [-0.2, -0.15) is 0 Å².